The number of benzene rings is 2. The Bertz CT molecular complexity index is 1010. The molecular weight excluding hydrogens is 416 g/mol. The molecule has 0 bridgehead atoms. The summed E-state index contributed by atoms with van der Waals surface area (Å²) in [5, 5.41) is 14.0. The molecule has 0 saturated heterocycles. The highest BCUT2D eigenvalue weighted by Gasteiger charge is 2.23. The van der Waals surface area contributed by atoms with Crippen LogP contribution in [-0.4, -0.2) is 21.2 Å². The molecule has 4 nitrogen and oxygen atoms in total. The minimum absolute atomic E-state index is 0.00312. The van der Waals surface area contributed by atoms with Crippen molar-refractivity contribution in [2.45, 2.75) is 49.0 Å². The van der Waals surface area contributed by atoms with Crippen LogP contribution < -0.4 is 0 Å². The average Bonchev–Trinajstić information content (AvgIpc) is 3.26. The number of oxime groups is 1. The smallest absolute Gasteiger partial charge is 0.257 e. The van der Waals surface area contributed by atoms with Gasteiger partial charge in [-0.1, -0.05) is 102 Å². The second-order valence-corrected chi connectivity index (χ2v) is 8.88. The van der Waals surface area contributed by atoms with Gasteiger partial charge in [0.1, 0.15) is 5.69 Å². The van der Waals surface area contributed by atoms with Gasteiger partial charge in [-0.25, -0.2) is 4.98 Å². The highest BCUT2D eigenvalue weighted by atomic mass is 32.2. The van der Waals surface area contributed by atoms with Crippen molar-refractivity contribution in [1.29, 1.82) is 0 Å². The van der Waals surface area contributed by atoms with E-state index in [0.717, 1.165) is 66.8 Å². The third-order valence-electron chi connectivity index (χ3n) is 5.43. The molecule has 0 aliphatic heterocycles. The fourth-order valence-corrected chi connectivity index (χ4v) is 4.83. The number of hydrogen-bond acceptors (Lipinski definition) is 5. The molecule has 164 valence electrons. The molecule has 0 saturated carbocycles. The van der Waals surface area contributed by atoms with Gasteiger partial charge in [-0.15, -0.1) is 0 Å². The summed E-state index contributed by atoms with van der Waals surface area (Å²) in [4.78, 5) is 4.88. The van der Waals surface area contributed by atoms with E-state index in [2.05, 4.69) is 29.5 Å². The number of nitrogens with zero attached hydrogens (tertiary/aromatic N) is 2. The van der Waals surface area contributed by atoms with Gasteiger partial charge in [-0.05, 0) is 38.5 Å². The van der Waals surface area contributed by atoms with Gasteiger partial charge in [0.25, 0.3) is 5.22 Å². The first-order valence-electron chi connectivity index (χ1n) is 11.1. The molecule has 1 N–H and O–H groups in total. The lowest BCUT2D eigenvalue weighted by Gasteiger charge is -2.15. The number of rotatable bonds is 4. The van der Waals surface area contributed by atoms with Crippen LogP contribution in [0.1, 0.15) is 38.5 Å². The molecule has 32 heavy (non-hydrogen) atoms. The van der Waals surface area contributed by atoms with Crippen molar-refractivity contribution in [1.82, 2.24) is 4.98 Å². The number of aromatic nitrogens is 1. The monoisotopic (exact) mass is 444 g/mol. The predicted molar refractivity (Wildman–Crippen MR) is 132 cm³/mol. The van der Waals surface area contributed by atoms with Crippen molar-refractivity contribution in [2.24, 2.45) is 5.16 Å². The third-order valence-corrected chi connectivity index (χ3v) is 6.60. The van der Waals surface area contributed by atoms with Crippen molar-refractivity contribution >= 4 is 17.5 Å². The predicted octanol–water partition coefficient (Wildman–Crippen LogP) is 7.77. The van der Waals surface area contributed by atoms with E-state index >= 15 is 0 Å². The first-order valence-corrected chi connectivity index (χ1v) is 12.0. The van der Waals surface area contributed by atoms with Crippen LogP contribution in [0.15, 0.2) is 99.8 Å². The zero-order chi connectivity index (χ0) is 22.0. The molecule has 1 atom stereocenters. The lowest BCUT2D eigenvalue weighted by atomic mass is 10.1. The Morgan fingerprint density at radius 3 is 2.12 bits per heavy atom. The summed E-state index contributed by atoms with van der Waals surface area (Å²) in [5.41, 5.74) is 3.63. The maximum atomic E-state index is 9.74. The van der Waals surface area contributed by atoms with E-state index in [9.17, 15) is 5.21 Å². The van der Waals surface area contributed by atoms with Crippen LogP contribution in [0.5, 0.6) is 0 Å². The SMILES string of the molecule is ON=C1CCC=CCCC=CCCC1Sc1nc(-c2ccccc2)c(-c2ccccc2)o1. The molecule has 0 fully saturated rings. The Labute approximate surface area is 193 Å². The topological polar surface area (TPSA) is 58.6 Å². The minimum Gasteiger partial charge on any atom is -0.431 e. The fourth-order valence-electron chi connectivity index (χ4n) is 3.76. The lowest BCUT2D eigenvalue weighted by molar-refractivity contribution is 0.316. The van der Waals surface area contributed by atoms with Gasteiger partial charge in [0.05, 0.1) is 11.0 Å². The second kappa shape index (κ2) is 11.5. The van der Waals surface area contributed by atoms with Gasteiger partial charge in [0, 0.05) is 11.1 Å². The minimum atomic E-state index is 0.00312. The van der Waals surface area contributed by atoms with Crippen LogP contribution in [0, 0.1) is 0 Å². The van der Waals surface area contributed by atoms with Crippen LogP contribution in [0.4, 0.5) is 0 Å². The van der Waals surface area contributed by atoms with Crippen LogP contribution in [-0.2, 0) is 0 Å². The normalized spacial score (nSPS) is 18.9. The van der Waals surface area contributed by atoms with Crippen molar-refractivity contribution < 1.29 is 9.62 Å². The number of hydrogen-bond donors (Lipinski definition) is 1. The fraction of sp³-hybridized carbons (Fsp3) is 0.259. The Hall–Kier alpha value is -3.05. The van der Waals surface area contributed by atoms with E-state index in [1.54, 1.807) is 11.8 Å². The summed E-state index contributed by atoms with van der Waals surface area (Å²) in [5.74, 6) is 0.762. The van der Waals surface area contributed by atoms with E-state index in [4.69, 9.17) is 9.40 Å². The molecule has 0 spiro atoms. The molecule has 3 aromatic rings. The molecule has 1 aromatic heterocycles. The maximum Gasteiger partial charge on any atom is 0.257 e. The first kappa shape index (κ1) is 22.2. The largest absolute Gasteiger partial charge is 0.431 e. The molecule has 4 rings (SSSR count). The van der Waals surface area contributed by atoms with Gasteiger partial charge in [-0.2, -0.15) is 0 Å². The average molecular weight is 445 g/mol. The van der Waals surface area contributed by atoms with E-state index in [1.807, 2.05) is 60.7 Å². The van der Waals surface area contributed by atoms with Crippen molar-refractivity contribution in [3.05, 3.63) is 85.0 Å². The van der Waals surface area contributed by atoms with Crippen molar-refractivity contribution in [3.8, 4) is 22.6 Å². The molecule has 1 aliphatic rings. The Kier molecular flexibility index (Phi) is 7.99. The van der Waals surface area contributed by atoms with Crippen LogP contribution >= 0.6 is 11.8 Å². The number of allylic oxidation sites excluding steroid dienone is 4. The first-order chi connectivity index (χ1) is 15.8. The maximum absolute atomic E-state index is 9.74. The van der Waals surface area contributed by atoms with E-state index < -0.39 is 0 Å². The van der Waals surface area contributed by atoms with Gasteiger partial charge < -0.3 is 9.62 Å². The summed E-state index contributed by atoms with van der Waals surface area (Å²) in [7, 11) is 0. The molecular formula is C27H28N2O2S. The summed E-state index contributed by atoms with van der Waals surface area (Å²) in [6.07, 6.45) is 14.4. The number of oxazole rings is 1. The van der Waals surface area contributed by atoms with Crippen LogP contribution in [0.2, 0.25) is 0 Å². The lowest BCUT2D eigenvalue weighted by Crippen LogP contribution is -2.17. The van der Waals surface area contributed by atoms with Crippen LogP contribution in [0.25, 0.3) is 22.6 Å². The molecule has 1 aliphatic carbocycles. The van der Waals surface area contributed by atoms with Crippen molar-refractivity contribution in [3.63, 3.8) is 0 Å². The highest BCUT2D eigenvalue weighted by Crippen LogP contribution is 2.38. The molecule has 1 heterocycles. The molecule has 1 unspecified atom stereocenters. The van der Waals surface area contributed by atoms with E-state index in [0.29, 0.717) is 5.22 Å². The third kappa shape index (κ3) is 5.80. The standard InChI is InChI=1S/C27H28N2O2S/c30-29-23-19-13-5-3-1-2-4-6-14-20-24(23)32-27-28-25(21-15-9-7-10-16-21)26(31-27)22-17-11-8-12-18-22/h3-12,15-18,24,30H,1-2,13-14,19-20H2. The Balaban J connectivity index is 1.65. The molecule has 0 radical (unpaired) electrons. The molecule has 5 heteroatoms. The summed E-state index contributed by atoms with van der Waals surface area (Å²) in [6, 6.07) is 20.2. The zero-order valence-electron chi connectivity index (χ0n) is 18.1. The summed E-state index contributed by atoms with van der Waals surface area (Å²) < 4.78 is 6.31. The molecule has 0 amide bonds. The second-order valence-electron chi connectivity index (χ2n) is 7.72. The molecule has 2 aromatic carbocycles. The van der Waals surface area contributed by atoms with Gasteiger partial charge >= 0.3 is 0 Å². The number of thioether (sulfide) groups is 1. The van der Waals surface area contributed by atoms with E-state index in [-0.39, 0.29) is 5.25 Å². The van der Waals surface area contributed by atoms with Crippen molar-refractivity contribution in [2.75, 3.05) is 0 Å². The van der Waals surface area contributed by atoms with Gasteiger partial charge in [0.15, 0.2) is 5.76 Å². The summed E-state index contributed by atoms with van der Waals surface area (Å²) in [6.45, 7) is 0. The summed E-state index contributed by atoms with van der Waals surface area (Å²) >= 11 is 1.55. The highest BCUT2D eigenvalue weighted by molar-refractivity contribution is 8.00. The zero-order valence-corrected chi connectivity index (χ0v) is 18.9. The van der Waals surface area contributed by atoms with Gasteiger partial charge in [0.2, 0.25) is 0 Å². The Morgan fingerprint density at radius 2 is 1.44 bits per heavy atom. The Morgan fingerprint density at radius 1 is 0.812 bits per heavy atom. The van der Waals surface area contributed by atoms with Gasteiger partial charge in [-0.3, -0.25) is 0 Å². The van der Waals surface area contributed by atoms with Crippen LogP contribution in [0.3, 0.4) is 0 Å². The quantitative estimate of drug-likeness (QED) is 0.254. The van der Waals surface area contributed by atoms with E-state index in [1.165, 1.54) is 0 Å².